The highest BCUT2D eigenvalue weighted by atomic mass is 32.1. The van der Waals surface area contributed by atoms with Gasteiger partial charge in [0, 0.05) is 11.8 Å². The van der Waals surface area contributed by atoms with Crippen LogP contribution in [-0.2, 0) is 10.2 Å². The van der Waals surface area contributed by atoms with Crippen molar-refractivity contribution < 1.29 is 9.90 Å². The fourth-order valence-corrected chi connectivity index (χ4v) is 4.09. The summed E-state index contributed by atoms with van der Waals surface area (Å²) in [6.45, 7) is 0. The maximum absolute atomic E-state index is 11.1. The molecule has 0 fully saturated rings. The topological polar surface area (TPSA) is 37.3 Å². The molecule has 0 aromatic heterocycles. The van der Waals surface area contributed by atoms with E-state index >= 15 is 0 Å². The van der Waals surface area contributed by atoms with Crippen molar-refractivity contribution in [3.8, 4) is 0 Å². The number of carbonyl (C=O) groups excluding carboxylic acids is 1. The van der Waals surface area contributed by atoms with E-state index in [0.29, 0.717) is 0 Å². The van der Waals surface area contributed by atoms with Gasteiger partial charge in [0.1, 0.15) is 0 Å². The quantitative estimate of drug-likeness (QED) is 0.279. The van der Waals surface area contributed by atoms with Crippen molar-refractivity contribution in [3.63, 3.8) is 0 Å². The summed E-state index contributed by atoms with van der Waals surface area (Å²) in [5.41, 5.74) is 3.39. The molecular weight excluding hydrogens is 376 g/mol. The average molecular weight is 403 g/mol. The van der Waals surface area contributed by atoms with Gasteiger partial charge in [-0.2, -0.15) is 0 Å². The third-order valence-electron chi connectivity index (χ3n) is 5.23. The Morgan fingerprint density at radius 3 is 1.62 bits per heavy atom. The SMILES string of the molecule is O=C(S)C[C@H](O)/C=C/CCC(c1ccccc1)(c1ccccc1)c1ccccc1. The standard InChI is InChI=1S/C26H26O2S/c27-24(20-25(28)29)18-10-11-19-26(21-12-4-1-5-13-21,22-14-6-2-7-15-22)23-16-8-3-9-17-23/h1-10,12-18,24,27H,11,19-20H2,(H,28,29)/b18-10+/t24-/m1/s1. The van der Waals surface area contributed by atoms with Crippen LogP contribution in [0, 0.1) is 0 Å². The summed E-state index contributed by atoms with van der Waals surface area (Å²) in [6.07, 6.45) is 4.49. The number of aliphatic hydroxyl groups excluding tert-OH is 1. The molecule has 0 bridgehead atoms. The first-order valence-corrected chi connectivity index (χ1v) is 10.3. The molecule has 1 atom stereocenters. The molecule has 0 radical (unpaired) electrons. The van der Waals surface area contributed by atoms with E-state index < -0.39 is 6.10 Å². The van der Waals surface area contributed by atoms with Crippen molar-refractivity contribution in [2.75, 3.05) is 0 Å². The summed E-state index contributed by atoms with van der Waals surface area (Å²) in [6, 6.07) is 31.6. The monoisotopic (exact) mass is 402 g/mol. The first-order valence-electron chi connectivity index (χ1n) is 9.86. The van der Waals surface area contributed by atoms with Crippen LogP contribution in [0.5, 0.6) is 0 Å². The Morgan fingerprint density at radius 1 is 0.828 bits per heavy atom. The lowest BCUT2D eigenvalue weighted by atomic mass is 9.67. The molecule has 3 heteroatoms. The molecule has 29 heavy (non-hydrogen) atoms. The van der Waals surface area contributed by atoms with E-state index in [0.717, 1.165) is 12.8 Å². The molecule has 0 aliphatic carbocycles. The van der Waals surface area contributed by atoms with Crippen molar-refractivity contribution in [1.82, 2.24) is 0 Å². The third-order valence-corrected chi connectivity index (χ3v) is 5.41. The zero-order valence-electron chi connectivity index (χ0n) is 16.3. The van der Waals surface area contributed by atoms with Gasteiger partial charge in [0.15, 0.2) is 5.12 Å². The van der Waals surface area contributed by atoms with Crippen molar-refractivity contribution in [2.45, 2.75) is 30.8 Å². The van der Waals surface area contributed by atoms with Crippen LogP contribution in [-0.4, -0.2) is 16.3 Å². The van der Waals surface area contributed by atoms with Crippen molar-refractivity contribution >= 4 is 17.7 Å². The summed E-state index contributed by atoms with van der Waals surface area (Å²) in [4.78, 5) is 11.1. The molecule has 3 aromatic carbocycles. The molecule has 0 aliphatic rings. The number of allylic oxidation sites excluding steroid dienone is 1. The largest absolute Gasteiger partial charge is 0.389 e. The van der Waals surface area contributed by atoms with Crippen molar-refractivity contribution in [1.29, 1.82) is 0 Å². The summed E-state index contributed by atoms with van der Waals surface area (Å²) in [5, 5.41) is 9.63. The Kier molecular flexibility index (Phi) is 7.45. The molecule has 3 rings (SSSR count). The third kappa shape index (κ3) is 5.26. The van der Waals surface area contributed by atoms with E-state index in [2.05, 4.69) is 85.4 Å². The predicted molar refractivity (Wildman–Crippen MR) is 122 cm³/mol. The summed E-state index contributed by atoms with van der Waals surface area (Å²) < 4.78 is 0. The Balaban J connectivity index is 2.01. The molecule has 0 unspecified atom stereocenters. The van der Waals surface area contributed by atoms with Crippen LogP contribution in [0.15, 0.2) is 103 Å². The lowest BCUT2D eigenvalue weighted by Crippen LogP contribution is -2.29. The van der Waals surface area contributed by atoms with E-state index in [1.54, 1.807) is 6.08 Å². The Labute approximate surface area is 178 Å². The van der Waals surface area contributed by atoms with Gasteiger partial charge in [-0.25, -0.2) is 0 Å². The average Bonchev–Trinajstić information content (AvgIpc) is 2.75. The number of rotatable bonds is 9. The Hall–Kier alpha value is -2.62. The minimum atomic E-state index is -0.792. The van der Waals surface area contributed by atoms with E-state index in [4.69, 9.17) is 0 Å². The van der Waals surface area contributed by atoms with Crippen LogP contribution in [0.25, 0.3) is 0 Å². The van der Waals surface area contributed by atoms with Crippen LogP contribution in [0.4, 0.5) is 0 Å². The minimum Gasteiger partial charge on any atom is -0.389 e. The molecule has 0 amide bonds. The maximum atomic E-state index is 11.1. The summed E-state index contributed by atoms with van der Waals surface area (Å²) in [7, 11) is 0. The van der Waals surface area contributed by atoms with E-state index in [-0.39, 0.29) is 17.0 Å². The van der Waals surface area contributed by atoms with Gasteiger partial charge in [-0.3, -0.25) is 4.79 Å². The van der Waals surface area contributed by atoms with Crippen LogP contribution in [0.1, 0.15) is 36.0 Å². The highest BCUT2D eigenvalue weighted by Crippen LogP contribution is 2.43. The first-order chi connectivity index (χ1) is 14.1. The second-order valence-electron chi connectivity index (χ2n) is 7.14. The molecule has 0 aliphatic heterocycles. The van der Waals surface area contributed by atoms with E-state index in [1.807, 2.05) is 24.3 Å². The van der Waals surface area contributed by atoms with Gasteiger partial charge >= 0.3 is 0 Å². The molecule has 148 valence electrons. The van der Waals surface area contributed by atoms with Gasteiger partial charge in [0.05, 0.1) is 6.10 Å². The molecule has 0 heterocycles. The normalized spacial score (nSPS) is 12.8. The highest BCUT2D eigenvalue weighted by Gasteiger charge is 2.35. The van der Waals surface area contributed by atoms with Gasteiger partial charge in [0.25, 0.3) is 0 Å². The van der Waals surface area contributed by atoms with E-state index in [9.17, 15) is 9.90 Å². The van der Waals surface area contributed by atoms with Gasteiger partial charge in [-0.15, -0.1) is 12.6 Å². The van der Waals surface area contributed by atoms with Gasteiger partial charge in [-0.1, -0.05) is 103 Å². The Bertz CT molecular complexity index is 824. The highest BCUT2D eigenvalue weighted by molar-refractivity contribution is 7.96. The molecule has 0 saturated carbocycles. The van der Waals surface area contributed by atoms with Crippen molar-refractivity contribution in [3.05, 3.63) is 120 Å². The number of carbonyl (C=O) groups is 1. The van der Waals surface area contributed by atoms with Crippen molar-refractivity contribution in [2.24, 2.45) is 0 Å². The van der Waals surface area contributed by atoms with Crippen LogP contribution in [0.2, 0.25) is 0 Å². The number of thiol groups is 1. The Morgan fingerprint density at radius 2 is 1.24 bits per heavy atom. The lowest BCUT2D eigenvalue weighted by Gasteiger charge is -2.36. The second-order valence-corrected chi connectivity index (χ2v) is 7.63. The summed E-state index contributed by atoms with van der Waals surface area (Å²) >= 11 is 3.74. The molecule has 3 aromatic rings. The molecular formula is C26H26O2S. The smallest absolute Gasteiger partial charge is 0.188 e. The fraction of sp³-hybridized carbons (Fsp3) is 0.192. The molecule has 2 nitrogen and oxygen atoms in total. The van der Waals surface area contributed by atoms with Gasteiger partial charge in [-0.05, 0) is 29.5 Å². The summed E-state index contributed by atoms with van der Waals surface area (Å²) in [5.74, 6) is 0. The van der Waals surface area contributed by atoms with Crippen LogP contribution < -0.4 is 0 Å². The zero-order chi connectivity index (χ0) is 20.5. The zero-order valence-corrected chi connectivity index (χ0v) is 17.2. The number of hydrogen-bond donors (Lipinski definition) is 2. The van der Waals surface area contributed by atoms with Gasteiger partial charge < -0.3 is 5.11 Å². The number of hydrogen-bond acceptors (Lipinski definition) is 2. The van der Waals surface area contributed by atoms with Crippen LogP contribution in [0.3, 0.4) is 0 Å². The van der Waals surface area contributed by atoms with E-state index in [1.165, 1.54) is 16.7 Å². The fourth-order valence-electron chi connectivity index (χ4n) is 3.90. The second kappa shape index (κ2) is 10.2. The lowest BCUT2D eigenvalue weighted by molar-refractivity contribution is -0.112. The number of benzene rings is 3. The van der Waals surface area contributed by atoms with Crippen LogP contribution >= 0.6 is 12.6 Å². The number of aliphatic hydroxyl groups is 1. The molecule has 1 N–H and O–H groups in total. The maximum Gasteiger partial charge on any atom is 0.188 e. The first kappa shape index (κ1) is 21.1. The van der Waals surface area contributed by atoms with Gasteiger partial charge in [0.2, 0.25) is 0 Å². The minimum absolute atomic E-state index is 0.0286. The predicted octanol–water partition coefficient (Wildman–Crippen LogP) is 5.56. The molecule has 0 spiro atoms. The molecule has 0 saturated heterocycles.